The molecular weight excluding hydrogens is 529 g/mol. The molecule has 1 aromatic rings. The number of benzene rings is 1. The molecule has 6 atom stereocenters. The van der Waals surface area contributed by atoms with E-state index < -0.39 is 56.3 Å². The molecule has 13 heteroatoms. The minimum absolute atomic E-state index is 0.0595. The van der Waals surface area contributed by atoms with E-state index in [1.54, 1.807) is 30.3 Å². The van der Waals surface area contributed by atoms with E-state index in [1.165, 1.54) is 24.1 Å². The van der Waals surface area contributed by atoms with Crippen molar-refractivity contribution in [3.05, 3.63) is 55.0 Å². The molecule has 0 aromatic heterocycles. The molecule has 1 aromatic carbocycles. The second-order valence-corrected chi connectivity index (χ2v) is 11.2. The molecule has 12 nitrogen and oxygen atoms in total. The second kappa shape index (κ2) is 11.9. The van der Waals surface area contributed by atoms with Gasteiger partial charge in [-0.25, -0.2) is 4.57 Å². The first-order valence-electron chi connectivity index (χ1n) is 12.5. The fraction of sp³-hybridized carbons (Fsp3) is 0.462. The SMILES string of the molecule is C#C[C@@]1(O)[C@H](O)[C@@H](COP(=O)(N[C@@H](C)C(=O)OC2CCCC2)Oc2ccccc2)O[C@H]1N1C=CC(=O)NC1=C. The summed E-state index contributed by atoms with van der Waals surface area (Å²) in [6, 6.07) is 7.11. The van der Waals surface area contributed by atoms with Crippen molar-refractivity contribution < 1.29 is 42.9 Å². The Kier molecular flexibility index (Phi) is 8.81. The number of amides is 1. The maximum Gasteiger partial charge on any atom is 0.459 e. The van der Waals surface area contributed by atoms with Gasteiger partial charge in [-0.15, -0.1) is 6.42 Å². The van der Waals surface area contributed by atoms with Crippen molar-refractivity contribution in [1.82, 2.24) is 15.3 Å². The molecule has 1 amide bonds. The highest BCUT2D eigenvalue weighted by Crippen LogP contribution is 2.46. The number of nitrogens with zero attached hydrogens (tertiary/aromatic N) is 1. The quantitative estimate of drug-likeness (QED) is 0.187. The van der Waals surface area contributed by atoms with Gasteiger partial charge < -0.3 is 34.4 Å². The van der Waals surface area contributed by atoms with E-state index in [0.717, 1.165) is 25.7 Å². The molecule has 2 fully saturated rings. The van der Waals surface area contributed by atoms with E-state index in [2.05, 4.69) is 22.9 Å². The molecule has 1 saturated carbocycles. The molecule has 4 N–H and O–H groups in total. The number of esters is 1. The van der Waals surface area contributed by atoms with E-state index in [0.29, 0.717) is 0 Å². The molecule has 2 aliphatic heterocycles. The average molecular weight is 562 g/mol. The number of aliphatic hydroxyl groups excluding tert-OH is 1. The molecule has 0 spiro atoms. The summed E-state index contributed by atoms with van der Waals surface area (Å²) in [5.41, 5.74) is -2.25. The number of aliphatic hydroxyl groups is 2. The van der Waals surface area contributed by atoms with Crippen LogP contribution in [0.1, 0.15) is 32.6 Å². The van der Waals surface area contributed by atoms with Crippen molar-refractivity contribution in [1.29, 1.82) is 0 Å². The molecular formula is C26H32N3O9P. The average Bonchev–Trinajstić information content (AvgIpc) is 3.50. The first-order valence-corrected chi connectivity index (χ1v) is 14.1. The van der Waals surface area contributed by atoms with E-state index in [4.69, 9.17) is 24.9 Å². The summed E-state index contributed by atoms with van der Waals surface area (Å²) in [5.74, 6) is 1.34. The van der Waals surface area contributed by atoms with Gasteiger partial charge in [0.15, 0.2) is 11.8 Å². The largest absolute Gasteiger partial charge is 0.461 e. The van der Waals surface area contributed by atoms with Crippen molar-refractivity contribution >= 4 is 19.6 Å². The Morgan fingerprint density at radius 3 is 2.72 bits per heavy atom. The molecule has 0 radical (unpaired) electrons. The maximum absolute atomic E-state index is 13.8. The fourth-order valence-corrected chi connectivity index (χ4v) is 5.99. The summed E-state index contributed by atoms with van der Waals surface area (Å²) in [5, 5.41) is 27.0. The predicted molar refractivity (Wildman–Crippen MR) is 138 cm³/mol. The van der Waals surface area contributed by atoms with Crippen molar-refractivity contribution in [2.45, 2.75) is 68.8 Å². The highest BCUT2D eigenvalue weighted by atomic mass is 31.2. The molecule has 1 saturated heterocycles. The van der Waals surface area contributed by atoms with Crippen LogP contribution in [0.2, 0.25) is 0 Å². The zero-order valence-electron chi connectivity index (χ0n) is 21.4. The molecule has 4 rings (SSSR count). The summed E-state index contributed by atoms with van der Waals surface area (Å²) < 4.78 is 36.4. The Morgan fingerprint density at radius 1 is 1.38 bits per heavy atom. The Morgan fingerprint density at radius 2 is 2.08 bits per heavy atom. The number of rotatable bonds is 10. The van der Waals surface area contributed by atoms with Gasteiger partial charge in [0, 0.05) is 12.3 Å². The van der Waals surface area contributed by atoms with Gasteiger partial charge in [0.05, 0.1) is 6.61 Å². The Labute approximate surface area is 226 Å². The van der Waals surface area contributed by atoms with Crippen LogP contribution in [0.3, 0.4) is 0 Å². The monoisotopic (exact) mass is 561 g/mol. The van der Waals surface area contributed by atoms with Crippen LogP contribution in [0.5, 0.6) is 5.75 Å². The lowest BCUT2D eigenvalue weighted by molar-refractivity contribution is -0.150. The number of ether oxygens (including phenoxy) is 2. The number of carbonyl (C=O) groups excluding carboxylic acids is 2. The minimum atomic E-state index is -4.27. The van der Waals surface area contributed by atoms with Crippen LogP contribution in [-0.2, 0) is 28.2 Å². The van der Waals surface area contributed by atoms with Crippen LogP contribution < -0.4 is 14.9 Å². The van der Waals surface area contributed by atoms with Gasteiger partial charge in [-0.2, -0.15) is 5.09 Å². The van der Waals surface area contributed by atoms with Crippen molar-refractivity contribution in [2.24, 2.45) is 0 Å². The zero-order chi connectivity index (χ0) is 28.2. The van der Waals surface area contributed by atoms with E-state index >= 15 is 0 Å². The standard InChI is InChI=1S/C26H32N3O9P/c1-4-26(33)23(31)21(37-25(26)29-15-14-22(30)27-18(29)3)16-35-39(34,38-20-12-6-5-7-13-20)28-17(2)24(32)36-19-10-8-9-11-19/h1,5-7,12-15,17,19,21,23,25,31,33H,3,8-11,16H2,2H3,(H,27,30)(H,28,34)/t17-,21+,23+,25+,26+,39?/m0/s1. The van der Waals surface area contributed by atoms with Gasteiger partial charge in [0.25, 0.3) is 5.91 Å². The van der Waals surface area contributed by atoms with Gasteiger partial charge >= 0.3 is 13.7 Å². The third-order valence-electron chi connectivity index (χ3n) is 6.60. The number of hydrogen-bond donors (Lipinski definition) is 4. The van der Waals surface area contributed by atoms with Gasteiger partial charge in [-0.05, 0) is 44.7 Å². The van der Waals surface area contributed by atoms with E-state index in [1.807, 2.05) is 0 Å². The first kappa shape index (κ1) is 28.8. The smallest absolute Gasteiger partial charge is 0.459 e. The van der Waals surface area contributed by atoms with Gasteiger partial charge in [-0.3, -0.25) is 14.1 Å². The first-order chi connectivity index (χ1) is 18.5. The normalized spacial score (nSPS) is 29.4. The third-order valence-corrected chi connectivity index (χ3v) is 8.24. The van der Waals surface area contributed by atoms with Crippen LogP contribution in [0.25, 0.3) is 0 Å². The Hall–Kier alpha value is -3.17. The minimum Gasteiger partial charge on any atom is -0.461 e. The highest BCUT2D eigenvalue weighted by molar-refractivity contribution is 7.52. The summed E-state index contributed by atoms with van der Waals surface area (Å²) in [7, 11) is -4.27. The zero-order valence-corrected chi connectivity index (χ0v) is 22.3. The topological polar surface area (TPSA) is 156 Å². The summed E-state index contributed by atoms with van der Waals surface area (Å²) in [6.45, 7) is 4.62. The second-order valence-electron chi connectivity index (χ2n) is 9.49. The van der Waals surface area contributed by atoms with Gasteiger partial charge in [0.2, 0.25) is 0 Å². The number of para-hydroxylation sites is 1. The lowest BCUT2D eigenvalue weighted by Gasteiger charge is -2.36. The third kappa shape index (κ3) is 6.53. The van der Waals surface area contributed by atoms with Crippen LogP contribution in [0.15, 0.2) is 55.0 Å². The molecule has 210 valence electrons. The molecule has 2 heterocycles. The van der Waals surface area contributed by atoms with Crippen LogP contribution in [0, 0.1) is 12.3 Å². The van der Waals surface area contributed by atoms with Gasteiger partial charge in [-0.1, -0.05) is 30.7 Å². The predicted octanol–water partition coefficient (Wildman–Crippen LogP) is 1.52. The summed E-state index contributed by atoms with van der Waals surface area (Å²) in [6.07, 6.45) is 6.96. The molecule has 0 bridgehead atoms. The molecule has 39 heavy (non-hydrogen) atoms. The number of terminal acetylenes is 1. The molecule has 1 unspecified atom stereocenters. The summed E-state index contributed by atoms with van der Waals surface area (Å²) in [4.78, 5) is 25.5. The fourth-order valence-electron chi connectivity index (χ4n) is 4.49. The van der Waals surface area contributed by atoms with E-state index in [9.17, 15) is 24.4 Å². The van der Waals surface area contributed by atoms with Crippen LogP contribution in [0.4, 0.5) is 0 Å². The summed E-state index contributed by atoms with van der Waals surface area (Å²) >= 11 is 0. The lowest BCUT2D eigenvalue weighted by Crippen LogP contribution is -2.54. The van der Waals surface area contributed by atoms with Gasteiger partial charge in [0.1, 0.15) is 35.9 Å². The van der Waals surface area contributed by atoms with Crippen molar-refractivity contribution in [3.8, 4) is 18.1 Å². The number of hydrogen-bond acceptors (Lipinski definition) is 10. The van der Waals surface area contributed by atoms with E-state index in [-0.39, 0.29) is 17.7 Å². The lowest BCUT2D eigenvalue weighted by atomic mass is 9.94. The maximum atomic E-state index is 13.8. The Balaban J connectivity index is 1.49. The van der Waals surface area contributed by atoms with Crippen LogP contribution in [-0.4, -0.2) is 69.8 Å². The van der Waals surface area contributed by atoms with Crippen molar-refractivity contribution in [3.63, 3.8) is 0 Å². The Bertz CT molecular complexity index is 1200. The molecule has 3 aliphatic rings. The number of nitrogens with one attached hydrogen (secondary N) is 2. The number of carbonyl (C=O) groups is 2. The highest BCUT2D eigenvalue weighted by Gasteiger charge is 2.57. The molecule has 1 aliphatic carbocycles. The van der Waals surface area contributed by atoms with Crippen molar-refractivity contribution in [2.75, 3.05) is 6.61 Å². The van der Waals surface area contributed by atoms with Crippen LogP contribution >= 0.6 is 7.75 Å².